The van der Waals surface area contributed by atoms with Gasteiger partial charge in [-0.3, -0.25) is 4.79 Å². The number of aryl methyl sites for hydroxylation is 1. The highest BCUT2D eigenvalue weighted by molar-refractivity contribution is 7.15. The Morgan fingerprint density at radius 1 is 1.04 bits per heavy atom. The summed E-state index contributed by atoms with van der Waals surface area (Å²) < 4.78 is 1.71. The Bertz CT molecular complexity index is 1010. The van der Waals surface area contributed by atoms with Crippen molar-refractivity contribution in [2.24, 2.45) is 0 Å². The van der Waals surface area contributed by atoms with Crippen molar-refractivity contribution in [2.45, 2.75) is 59.3 Å². The van der Waals surface area contributed by atoms with Gasteiger partial charge in [-0.05, 0) is 29.9 Å². The highest BCUT2D eigenvalue weighted by atomic mass is 32.1. The van der Waals surface area contributed by atoms with Gasteiger partial charge in [-0.25, -0.2) is 4.52 Å². The molecule has 0 radical (unpaired) electrons. The summed E-state index contributed by atoms with van der Waals surface area (Å²) in [5.74, 6) is 0.349. The molecule has 0 bridgehead atoms. The number of hydrogen-bond donors (Lipinski definition) is 1. The van der Waals surface area contributed by atoms with Gasteiger partial charge in [0.25, 0.3) is 5.56 Å². The fourth-order valence-electron chi connectivity index (χ4n) is 2.96. The van der Waals surface area contributed by atoms with Crippen molar-refractivity contribution in [2.75, 3.05) is 0 Å². The van der Waals surface area contributed by atoms with Crippen LogP contribution in [0.4, 0.5) is 0 Å². The van der Waals surface area contributed by atoms with E-state index >= 15 is 0 Å². The molecule has 0 saturated carbocycles. The molecule has 26 heavy (non-hydrogen) atoms. The van der Waals surface area contributed by atoms with Gasteiger partial charge in [-0.2, -0.15) is 10.1 Å². The summed E-state index contributed by atoms with van der Waals surface area (Å²) >= 11 is 1.39. The fourth-order valence-corrected chi connectivity index (χ4v) is 3.79. The van der Waals surface area contributed by atoms with Gasteiger partial charge < -0.3 is 5.11 Å². The van der Waals surface area contributed by atoms with Gasteiger partial charge in [0.05, 0.1) is 5.69 Å². The molecule has 2 heterocycles. The highest BCUT2D eigenvalue weighted by Gasteiger charge is 2.27. The van der Waals surface area contributed by atoms with E-state index in [2.05, 4.69) is 51.6 Å². The summed E-state index contributed by atoms with van der Waals surface area (Å²) in [5.41, 5.74) is 3.27. The maximum absolute atomic E-state index is 11.8. The van der Waals surface area contributed by atoms with Crippen LogP contribution in [0, 0.1) is 6.92 Å². The highest BCUT2D eigenvalue weighted by Crippen LogP contribution is 2.42. The summed E-state index contributed by atoms with van der Waals surface area (Å²) in [6.45, 7) is 14.2. The summed E-state index contributed by atoms with van der Waals surface area (Å²) in [4.78, 5) is 16.4. The van der Waals surface area contributed by atoms with Crippen LogP contribution < -0.4 is 5.56 Å². The number of aromatic hydroxyl groups is 1. The molecular weight excluding hydrogens is 346 g/mol. The predicted octanol–water partition coefficient (Wildman–Crippen LogP) is 4.43. The first kappa shape index (κ1) is 18.6. The van der Waals surface area contributed by atoms with Crippen LogP contribution in [0.2, 0.25) is 0 Å². The number of rotatable bonds is 1. The third-order valence-corrected chi connectivity index (χ3v) is 5.28. The number of phenols is 1. The van der Waals surface area contributed by atoms with Gasteiger partial charge in [0, 0.05) is 22.1 Å². The Labute approximate surface area is 157 Å². The Balaban J connectivity index is 2.36. The van der Waals surface area contributed by atoms with E-state index in [9.17, 15) is 9.90 Å². The van der Waals surface area contributed by atoms with Crippen LogP contribution in [0.25, 0.3) is 16.2 Å². The number of fused-ring (bicyclic) bond motifs is 1. The molecule has 2 aromatic heterocycles. The average molecular weight is 372 g/mol. The Kier molecular flexibility index (Phi) is 4.22. The van der Waals surface area contributed by atoms with Crippen molar-refractivity contribution < 1.29 is 5.11 Å². The zero-order valence-corrected chi connectivity index (χ0v) is 17.2. The average Bonchev–Trinajstić information content (AvgIpc) is 2.88. The molecule has 0 aliphatic carbocycles. The van der Waals surface area contributed by atoms with E-state index in [0.29, 0.717) is 16.4 Å². The molecule has 6 heteroatoms. The lowest BCUT2D eigenvalue weighted by molar-refractivity contribution is 0.423. The first-order valence-electron chi connectivity index (χ1n) is 8.63. The van der Waals surface area contributed by atoms with Gasteiger partial charge in [-0.1, -0.05) is 41.5 Å². The van der Waals surface area contributed by atoms with Crippen molar-refractivity contribution in [3.8, 4) is 17.0 Å². The largest absolute Gasteiger partial charge is 0.507 e. The number of phenolic OH excluding ortho intramolecular Hbond substituents is 1. The Morgan fingerprint density at radius 3 is 2.08 bits per heavy atom. The third-order valence-electron chi connectivity index (χ3n) is 4.46. The molecule has 5 nitrogen and oxygen atoms in total. The number of nitrogens with zero attached hydrogens (tertiary/aromatic N) is 3. The van der Waals surface area contributed by atoms with Crippen LogP contribution in [-0.4, -0.2) is 19.7 Å². The third kappa shape index (κ3) is 3.14. The van der Waals surface area contributed by atoms with Crippen LogP contribution in [-0.2, 0) is 10.8 Å². The van der Waals surface area contributed by atoms with E-state index in [1.165, 1.54) is 11.3 Å². The molecule has 3 rings (SSSR count). The molecule has 1 N–H and O–H groups in total. The van der Waals surface area contributed by atoms with E-state index in [-0.39, 0.29) is 16.4 Å². The van der Waals surface area contributed by atoms with Crippen LogP contribution >= 0.6 is 11.3 Å². The van der Waals surface area contributed by atoms with Crippen LogP contribution in [0.3, 0.4) is 0 Å². The molecule has 0 atom stereocenters. The number of hydrogen-bond acceptors (Lipinski definition) is 5. The molecule has 138 valence electrons. The minimum atomic E-state index is -0.296. The molecule has 1 aromatic carbocycles. The molecule has 0 aliphatic heterocycles. The maximum atomic E-state index is 11.8. The van der Waals surface area contributed by atoms with Gasteiger partial charge in [0.15, 0.2) is 0 Å². The van der Waals surface area contributed by atoms with Crippen molar-refractivity contribution in [1.82, 2.24) is 14.6 Å². The van der Waals surface area contributed by atoms with E-state index in [1.807, 2.05) is 17.5 Å². The first-order chi connectivity index (χ1) is 11.9. The van der Waals surface area contributed by atoms with Crippen LogP contribution in [0.1, 0.15) is 58.4 Å². The van der Waals surface area contributed by atoms with Crippen LogP contribution in [0.5, 0.6) is 5.75 Å². The van der Waals surface area contributed by atoms with Crippen molar-refractivity contribution in [3.63, 3.8) is 0 Å². The van der Waals surface area contributed by atoms with Gasteiger partial charge in [0.1, 0.15) is 11.4 Å². The zero-order valence-electron chi connectivity index (χ0n) is 16.3. The minimum Gasteiger partial charge on any atom is -0.507 e. The summed E-state index contributed by atoms with van der Waals surface area (Å²) in [6, 6.07) is 4.03. The predicted molar refractivity (Wildman–Crippen MR) is 106 cm³/mol. The second-order valence-corrected chi connectivity index (χ2v) is 9.57. The molecular formula is C20H25N3O2S. The molecule has 0 amide bonds. The normalized spacial score (nSPS) is 12.7. The number of thiazole rings is 1. The second-order valence-electron chi connectivity index (χ2n) is 8.74. The SMILES string of the molecule is Cc1nn2c(-c3cc(C(C)(C)C)c(O)c(C(C)(C)C)c3)csc2nc1=O. The van der Waals surface area contributed by atoms with E-state index in [4.69, 9.17) is 0 Å². The lowest BCUT2D eigenvalue weighted by Crippen LogP contribution is -2.18. The molecule has 0 unspecified atom stereocenters. The Morgan fingerprint density at radius 2 is 1.58 bits per heavy atom. The van der Waals surface area contributed by atoms with Crippen molar-refractivity contribution >= 4 is 16.3 Å². The quantitative estimate of drug-likeness (QED) is 0.687. The molecule has 0 aliphatic rings. The summed E-state index contributed by atoms with van der Waals surface area (Å²) in [6.07, 6.45) is 0. The van der Waals surface area contributed by atoms with Crippen molar-refractivity contribution in [1.29, 1.82) is 0 Å². The smallest absolute Gasteiger partial charge is 0.295 e. The Hall–Kier alpha value is -2.21. The maximum Gasteiger partial charge on any atom is 0.295 e. The van der Waals surface area contributed by atoms with Crippen molar-refractivity contribution in [3.05, 3.63) is 44.7 Å². The molecule has 0 fully saturated rings. The summed E-state index contributed by atoms with van der Waals surface area (Å²) in [7, 11) is 0. The van der Waals surface area contributed by atoms with E-state index in [1.54, 1.807) is 11.4 Å². The van der Waals surface area contributed by atoms with Gasteiger partial charge in [0.2, 0.25) is 4.96 Å². The zero-order chi connectivity index (χ0) is 19.4. The van der Waals surface area contributed by atoms with Crippen LogP contribution in [0.15, 0.2) is 22.3 Å². The monoisotopic (exact) mass is 371 g/mol. The molecule has 3 aromatic rings. The summed E-state index contributed by atoms with van der Waals surface area (Å²) in [5, 5.41) is 17.3. The topological polar surface area (TPSA) is 67.5 Å². The van der Waals surface area contributed by atoms with Gasteiger partial charge >= 0.3 is 0 Å². The number of benzene rings is 1. The molecule has 0 saturated heterocycles. The number of aromatic nitrogens is 3. The van der Waals surface area contributed by atoms with Gasteiger partial charge in [-0.15, -0.1) is 11.3 Å². The first-order valence-corrected chi connectivity index (χ1v) is 9.51. The molecule has 0 spiro atoms. The van der Waals surface area contributed by atoms with E-state index < -0.39 is 0 Å². The fraction of sp³-hybridized carbons (Fsp3) is 0.450. The lowest BCUT2D eigenvalue weighted by atomic mass is 9.78. The minimum absolute atomic E-state index is 0.208. The second kappa shape index (κ2) is 5.91. The standard InChI is InChI=1S/C20H25N3O2S/c1-11-17(25)21-18-23(22-11)15(10-26-18)12-8-13(19(2,3)4)16(24)14(9-12)20(5,6)7/h8-10,24H,1-7H3. The van der Waals surface area contributed by atoms with E-state index in [0.717, 1.165) is 22.4 Å². The lowest BCUT2D eigenvalue weighted by Gasteiger charge is -2.28.